The number of hydrogen-bond donors (Lipinski definition) is 0. The Morgan fingerprint density at radius 1 is 0.933 bits per heavy atom. The molecule has 0 unspecified atom stereocenters. The van der Waals surface area contributed by atoms with Crippen LogP contribution in [0.5, 0.6) is 0 Å². The van der Waals surface area contributed by atoms with E-state index in [-0.39, 0.29) is 24.8 Å². The first-order chi connectivity index (χ1) is 13.7. The number of allylic oxidation sites excluding steroid dienone is 7. The van der Waals surface area contributed by atoms with E-state index >= 15 is 0 Å². The van der Waals surface area contributed by atoms with Crippen LogP contribution in [0.15, 0.2) is 96.1 Å². The monoisotopic (exact) mass is 518 g/mol. The van der Waals surface area contributed by atoms with Crippen molar-refractivity contribution in [3.63, 3.8) is 0 Å². The van der Waals surface area contributed by atoms with Crippen molar-refractivity contribution in [1.82, 2.24) is 0 Å². The molecule has 0 heterocycles. The first-order valence-corrected chi connectivity index (χ1v) is 11.4. The van der Waals surface area contributed by atoms with Gasteiger partial charge in [-0.15, -0.1) is 31.2 Å². The number of rotatable bonds is 4. The Bertz CT molecular complexity index is 684. The van der Waals surface area contributed by atoms with Crippen LogP contribution in [0, 0.1) is 12.7 Å². The van der Waals surface area contributed by atoms with E-state index in [0.29, 0.717) is 0 Å². The third-order valence-corrected chi connectivity index (χ3v) is 4.13. The predicted octanol–water partition coefficient (Wildman–Crippen LogP) is 8.58. The zero-order valence-electron chi connectivity index (χ0n) is 18.3. The van der Waals surface area contributed by atoms with E-state index < -0.39 is 0 Å². The van der Waals surface area contributed by atoms with Crippen LogP contribution in [0.4, 0.5) is 0 Å². The fraction of sp³-hybridized carbons (Fsp3) is 0.222. The van der Waals surface area contributed by atoms with Gasteiger partial charge in [0.2, 0.25) is 0 Å². The molecular weight excluding hydrogens is 486 g/mol. The van der Waals surface area contributed by atoms with Gasteiger partial charge >= 0.3 is 28.4 Å². The zero-order valence-corrected chi connectivity index (χ0v) is 22.4. The smallest absolute Gasteiger partial charge is 0.0184 e. The summed E-state index contributed by atoms with van der Waals surface area (Å²) < 4.78 is 3.34. The Morgan fingerprint density at radius 3 is 1.60 bits per heavy atom. The van der Waals surface area contributed by atoms with Gasteiger partial charge in [-0.1, -0.05) is 94.3 Å². The molecule has 0 aromatic heterocycles. The van der Waals surface area contributed by atoms with Crippen molar-refractivity contribution >= 4 is 29.0 Å². The SMILES string of the molecule is Cl.Cl.[C-]1=CC=CC1.[CH-]=C/C(CC)=C(/C)CC.[CH2]=[Zr+2].c1ccc(-c2ccccc2)cc1. The average Bonchev–Trinajstić information content (AvgIpc) is 3.38. The molecule has 2 aromatic rings. The van der Waals surface area contributed by atoms with Crippen LogP contribution in [0.3, 0.4) is 0 Å². The Balaban J connectivity index is -0.000000361. The van der Waals surface area contributed by atoms with Crippen molar-refractivity contribution in [2.45, 2.75) is 40.0 Å². The molecule has 160 valence electrons. The molecule has 0 saturated heterocycles. The fourth-order valence-electron chi connectivity index (χ4n) is 2.39. The van der Waals surface area contributed by atoms with Crippen LogP contribution in [0.25, 0.3) is 11.1 Å². The second-order valence-electron chi connectivity index (χ2n) is 5.91. The van der Waals surface area contributed by atoms with Gasteiger partial charge in [0, 0.05) is 0 Å². The van der Waals surface area contributed by atoms with Crippen molar-refractivity contribution < 1.29 is 24.2 Å². The van der Waals surface area contributed by atoms with Gasteiger partial charge in [0.15, 0.2) is 0 Å². The molecule has 0 saturated carbocycles. The minimum absolute atomic E-state index is 0. The molecule has 0 spiro atoms. The summed E-state index contributed by atoms with van der Waals surface area (Å²) in [4.78, 5) is 0. The fourth-order valence-corrected chi connectivity index (χ4v) is 2.39. The molecule has 0 fully saturated rings. The zero-order chi connectivity index (χ0) is 21.0. The second-order valence-corrected chi connectivity index (χ2v) is 5.91. The normalized spacial score (nSPS) is 10.8. The summed E-state index contributed by atoms with van der Waals surface area (Å²) in [5.41, 5.74) is 5.24. The summed E-state index contributed by atoms with van der Waals surface area (Å²) in [5, 5.41) is 0. The average molecular weight is 521 g/mol. The summed E-state index contributed by atoms with van der Waals surface area (Å²) in [6.07, 6.45) is 13.9. The van der Waals surface area contributed by atoms with E-state index in [1.165, 1.54) is 46.5 Å². The van der Waals surface area contributed by atoms with Crippen molar-refractivity contribution in [2.24, 2.45) is 0 Å². The maximum absolute atomic E-state index is 5.38. The molecule has 0 radical (unpaired) electrons. The van der Waals surface area contributed by atoms with Crippen LogP contribution in [-0.2, 0) is 24.2 Å². The molecule has 0 aliphatic heterocycles. The molecule has 3 heteroatoms. The maximum Gasteiger partial charge on any atom is -0.0184 e. The molecule has 0 amide bonds. The van der Waals surface area contributed by atoms with Gasteiger partial charge in [-0.3, -0.25) is 12.7 Å². The van der Waals surface area contributed by atoms with Crippen LogP contribution in [0.2, 0.25) is 0 Å². The summed E-state index contributed by atoms with van der Waals surface area (Å²) >= 11 is 1.30. The van der Waals surface area contributed by atoms with Crippen molar-refractivity contribution in [3.05, 3.63) is 109 Å². The molecule has 1 aliphatic rings. The van der Waals surface area contributed by atoms with Crippen molar-refractivity contribution in [3.8, 4) is 11.1 Å². The molecule has 0 nitrogen and oxygen atoms in total. The summed E-state index contributed by atoms with van der Waals surface area (Å²) in [6, 6.07) is 20.8. The largest absolute Gasteiger partial charge is 0.0622 e. The topological polar surface area (TPSA) is 0 Å². The molecule has 0 atom stereocenters. The first-order valence-electron chi connectivity index (χ1n) is 9.64. The van der Waals surface area contributed by atoms with Crippen LogP contribution in [0.1, 0.15) is 40.0 Å². The van der Waals surface area contributed by atoms with Gasteiger partial charge in [0.05, 0.1) is 0 Å². The van der Waals surface area contributed by atoms with Crippen LogP contribution in [-0.4, -0.2) is 4.21 Å². The molecule has 0 bridgehead atoms. The standard InChI is InChI=1S/C12H10.C9H15.C5H5.CH2.2ClH.Zr/c1-3-7-11(8-4-1)12-9-5-2-6-10-12;1-5-8(4)9(6-2)7-3;1-2-4-5-3-1;;;;/h1-10H;2,6H,5,7H2,1,3-4H3;1-3H,4H2;1H2;2*1H;/q;2*-1;;;;+2/b;9-8+;;;;;. The van der Waals surface area contributed by atoms with Crippen LogP contribution >= 0.6 is 24.8 Å². The summed E-state index contributed by atoms with van der Waals surface area (Å²) in [7, 11) is 0. The Kier molecular flexibility index (Phi) is 26.7. The van der Waals surface area contributed by atoms with Crippen LogP contribution < -0.4 is 0 Å². The van der Waals surface area contributed by atoms with Crippen molar-refractivity contribution in [1.29, 1.82) is 0 Å². The summed E-state index contributed by atoms with van der Waals surface area (Å²) in [5.74, 6) is 0. The predicted molar refractivity (Wildman–Crippen MR) is 137 cm³/mol. The molecule has 30 heavy (non-hydrogen) atoms. The Labute approximate surface area is 212 Å². The van der Waals surface area contributed by atoms with Gasteiger partial charge < -0.3 is 0 Å². The third-order valence-electron chi connectivity index (χ3n) is 4.13. The van der Waals surface area contributed by atoms with Gasteiger partial charge in [0.25, 0.3) is 0 Å². The van der Waals surface area contributed by atoms with Gasteiger partial charge in [0.1, 0.15) is 0 Å². The minimum Gasteiger partial charge on any atom is -0.0622 e. The van der Waals surface area contributed by atoms with E-state index in [2.05, 4.69) is 85.7 Å². The van der Waals surface area contributed by atoms with Gasteiger partial charge in [-0.05, 0) is 11.1 Å². The molecule has 0 N–H and O–H groups in total. The van der Waals surface area contributed by atoms with Crippen molar-refractivity contribution in [2.75, 3.05) is 0 Å². The first kappa shape index (κ1) is 33.4. The number of hydrogen-bond acceptors (Lipinski definition) is 0. The third kappa shape index (κ3) is 15.6. The molecular formula is C27H34Cl2Zr. The molecule has 1 aliphatic carbocycles. The van der Waals surface area contributed by atoms with E-state index in [1.54, 1.807) is 6.08 Å². The van der Waals surface area contributed by atoms with E-state index in [0.717, 1.165) is 19.3 Å². The number of halogens is 2. The van der Waals surface area contributed by atoms with Gasteiger partial charge in [-0.25, -0.2) is 18.2 Å². The Hall–Kier alpha value is -1.27. The minimum atomic E-state index is 0. The molecule has 2 aromatic carbocycles. The summed E-state index contributed by atoms with van der Waals surface area (Å²) in [6.45, 7) is 11.8. The Morgan fingerprint density at radius 2 is 1.40 bits per heavy atom. The molecule has 3 rings (SSSR count). The maximum atomic E-state index is 5.38. The quantitative estimate of drug-likeness (QED) is 0.280. The number of benzene rings is 2. The van der Waals surface area contributed by atoms with E-state index in [9.17, 15) is 0 Å². The van der Waals surface area contributed by atoms with E-state index in [4.69, 9.17) is 6.58 Å². The van der Waals surface area contributed by atoms with Gasteiger partial charge in [-0.2, -0.15) is 17.2 Å². The second kappa shape index (κ2) is 24.0. The van der Waals surface area contributed by atoms with E-state index in [1.807, 2.05) is 24.3 Å².